The standard InChI is InChI=1S/C20H23ClN2O4S/c21-18-3-1-2-4-20(18)27-14-12-22-8-10-23(11-9-22)28(24,25)17-5-6-19-16(15-17)7-13-26-19/h1-6,15H,7-14H2. The molecule has 0 unspecified atom stereocenters. The third-order valence-corrected chi connectivity index (χ3v) is 7.34. The fourth-order valence-corrected chi connectivity index (χ4v) is 5.18. The van der Waals surface area contributed by atoms with Crippen LogP contribution in [0.15, 0.2) is 47.4 Å². The number of benzene rings is 2. The molecule has 2 aliphatic heterocycles. The summed E-state index contributed by atoms with van der Waals surface area (Å²) in [5, 5.41) is 0.596. The van der Waals surface area contributed by atoms with Crippen molar-refractivity contribution in [1.82, 2.24) is 9.21 Å². The van der Waals surface area contributed by atoms with Crippen LogP contribution in [0.4, 0.5) is 0 Å². The van der Waals surface area contributed by atoms with Gasteiger partial charge in [0.05, 0.1) is 16.5 Å². The van der Waals surface area contributed by atoms with Crippen LogP contribution in [0.2, 0.25) is 5.02 Å². The topological polar surface area (TPSA) is 59.1 Å². The van der Waals surface area contributed by atoms with E-state index in [0.717, 1.165) is 24.3 Å². The molecule has 0 spiro atoms. The highest BCUT2D eigenvalue weighted by Gasteiger charge is 2.29. The third-order valence-electron chi connectivity index (χ3n) is 5.13. The number of ether oxygens (including phenoxy) is 2. The molecular formula is C20H23ClN2O4S. The molecule has 0 saturated carbocycles. The molecule has 0 amide bonds. The van der Waals surface area contributed by atoms with E-state index in [0.29, 0.717) is 55.1 Å². The fraction of sp³-hybridized carbons (Fsp3) is 0.400. The highest BCUT2D eigenvalue weighted by molar-refractivity contribution is 7.89. The van der Waals surface area contributed by atoms with Crippen LogP contribution in [0.3, 0.4) is 0 Å². The molecule has 6 nitrogen and oxygen atoms in total. The van der Waals surface area contributed by atoms with Crippen LogP contribution < -0.4 is 9.47 Å². The zero-order valence-electron chi connectivity index (χ0n) is 15.5. The van der Waals surface area contributed by atoms with Crippen molar-refractivity contribution >= 4 is 21.6 Å². The Balaban J connectivity index is 1.30. The highest BCUT2D eigenvalue weighted by atomic mass is 35.5. The van der Waals surface area contributed by atoms with E-state index < -0.39 is 10.0 Å². The van der Waals surface area contributed by atoms with Crippen LogP contribution in [-0.4, -0.2) is 63.6 Å². The van der Waals surface area contributed by atoms with Crippen molar-refractivity contribution in [2.24, 2.45) is 0 Å². The van der Waals surface area contributed by atoms with Gasteiger partial charge in [-0.05, 0) is 35.9 Å². The molecule has 2 aromatic rings. The van der Waals surface area contributed by atoms with E-state index in [4.69, 9.17) is 21.1 Å². The molecule has 1 fully saturated rings. The lowest BCUT2D eigenvalue weighted by Gasteiger charge is -2.33. The molecule has 0 radical (unpaired) electrons. The Morgan fingerprint density at radius 1 is 1.07 bits per heavy atom. The van der Waals surface area contributed by atoms with E-state index in [9.17, 15) is 8.42 Å². The Morgan fingerprint density at radius 3 is 2.64 bits per heavy atom. The summed E-state index contributed by atoms with van der Waals surface area (Å²) in [5.74, 6) is 1.47. The molecule has 0 bridgehead atoms. The predicted molar refractivity (Wildman–Crippen MR) is 108 cm³/mol. The third kappa shape index (κ3) is 4.12. The number of nitrogens with zero attached hydrogens (tertiary/aromatic N) is 2. The molecule has 4 rings (SSSR count). The van der Waals surface area contributed by atoms with E-state index >= 15 is 0 Å². The molecule has 28 heavy (non-hydrogen) atoms. The van der Waals surface area contributed by atoms with Gasteiger partial charge in [-0.1, -0.05) is 23.7 Å². The second kappa shape index (κ2) is 8.29. The van der Waals surface area contributed by atoms with E-state index in [2.05, 4.69) is 4.90 Å². The summed E-state index contributed by atoms with van der Waals surface area (Å²) in [6, 6.07) is 12.5. The van der Waals surface area contributed by atoms with Gasteiger partial charge in [0.2, 0.25) is 10.0 Å². The van der Waals surface area contributed by atoms with Crippen molar-refractivity contribution < 1.29 is 17.9 Å². The molecule has 0 aromatic heterocycles. The quantitative estimate of drug-likeness (QED) is 0.716. The van der Waals surface area contributed by atoms with Crippen LogP contribution in [0.1, 0.15) is 5.56 Å². The van der Waals surface area contributed by atoms with Gasteiger partial charge in [-0.3, -0.25) is 4.90 Å². The first-order valence-corrected chi connectivity index (χ1v) is 11.2. The maximum absolute atomic E-state index is 13.0. The molecular weight excluding hydrogens is 400 g/mol. The normalized spacial score (nSPS) is 17.9. The van der Waals surface area contributed by atoms with Crippen molar-refractivity contribution in [2.45, 2.75) is 11.3 Å². The van der Waals surface area contributed by atoms with Crippen LogP contribution in [0, 0.1) is 0 Å². The average Bonchev–Trinajstić information content (AvgIpc) is 3.18. The summed E-state index contributed by atoms with van der Waals surface area (Å²) in [6.07, 6.45) is 0.762. The zero-order valence-corrected chi connectivity index (χ0v) is 17.1. The largest absolute Gasteiger partial charge is 0.493 e. The lowest BCUT2D eigenvalue weighted by molar-refractivity contribution is 0.159. The van der Waals surface area contributed by atoms with Crippen LogP contribution in [0.5, 0.6) is 11.5 Å². The number of rotatable bonds is 6. The van der Waals surface area contributed by atoms with Gasteiger partial charge in [-0.15, -0.1) is 0 Å². The number of hydrogen-bond donors (Lipinski definition) is 0. The first kappa shape index (κ1) is 19.5. The predicted octanol–water partition coefficient (Wildman–Crippen LogP) is 2.66. The van der Waals surface area contributed by atoms with Crippen molar-refractivity contribution in [1.29, 1.82) is 0 Å². The number of piperazine rings is 1. The SMILES string of the molecule is O=S(=O)(c1ccc2c(c1)CCO2)N1CCN(CCOc2ccccc2Cl)CC1. The number of hydrogen-bond acceptors (Lipinski definition) is 5. The summed E-state index contributed by atoms with van der Waals surface area (Å²) in [4.78, 5) is 2.56. The van der Waals surface area contributed by atoms with Gasteiger partial charge in [0.15, 0.2) is 0 Å². The minimum Gasteiger partial charge on any atom is -0.493 e. The molecule has 0 aliphatic carbocycles. The van der Waals surface area contributed by atoms with Gasteiger partial charge < -0.3 is 9.47 Å². The first-order chi connectivity index (χ1) is 13.5. The minimum absolute atomic E-state index is 0.354. The second-order valence-corrected chi connectivity index (χ2v) is 9.24. The van der Waals surface area contributed by atoms with Gasteiger partial charge in [-0.2, -0.15) is 4.31 Å². The maximum atomic E-state index is 13.0. The van der Waals surface area contributed by atoms with E-state index in [1.807, 2.05) is 18.2 Å². The Labute approximate surface area is 170 Å². The van der Waals surface area contributed by atoms with Crippen molar-refractivity contribution in [2.75, 3.05) is 45.9 Å². The van der Waals surface area contributed by atoms with Crippen molar-refractivity contribution in [3.63, 3.8) is 0 Å². The van der Waals surface area contributed by atoms with E-state index in [-0.39, 0.29) is 0 Å². The van der Waals surface area contributed by atoms with Gasteiger partial charge >= 0.3 is 0 Å². The molecule has 0 N–H and O–H groups in total. The first-order valence-electron chi connectivity index (χ1n) is 9.39. The summed E-state index contributed by atoms with van der Waals surface area (Å²) in [7, 11) is -3.47. The minimum atomic E-state index is -3.47. The lowest BCUT2D eigenvalue weighted by Crippen LogP contribution is -2.49. The molecule has 8 heteroatoms. The van der Waals surface area contributed by atoms with Gasteiger partial charge in [0, 0.05) is 39.1 Å². The van der Waals surface area contributed by atoms with Gasteiger partial charge in [0.25, 0.3) is 0 Å². The monoisotopic (exact) mass is 422 g/mol. The Kier molecular flexibility index (Phi) is 5.78. The number of para-hydroxylation sites is 1. The van der Waals surface area contributed by atoms with E-state index in [1.165, 1.54) is 0 Å². The summed E-state index contributed by atoms with van der Waals surface area (Å²) >= 11 is 6.09. The molecule has 2 heterocycles. The summed E-state index contributed by atoms with van der Waals surface area (Å²) in [5.41, 5.74) is 0.969. The molecule has 2 aliphatic rings. The van der Waals surface area contributed by atoms with Crippen LogP contribution >= 0.6 is 11.6 Å². The smallest absolute Gasteiger partial charge is 0.243 e. The molecule has 150 valence electrons. The molecule has 2 aromatic carbocycles. The van der Waals surface area contributed by atoms with Gasteiger partial charge in [-0.25, -0.2) is 8.42 Å². The number of fused-ring (bicyclic) bond motifs is 1. The molecule has 1 saturated heterocycles. The summed E-state index contributed by atoms with van der Waals surface area (Å²) < 4.78 is 38.7. The zero-order chi connectivity index (χ0) is 19.6. The van der Waals surface area contributed by atoms with Crippen molar-refractivity contribution in [3.05, 3.63) is 53.1 Å². The Hall–Kier alpha value is -1.80. The van der Waals surface area contributed by atoms with Crippen molar-refractivity contribution in [3.8, 4) is 11.5 Å². The molecule has 0 atom stereocenters. The maximum Gasteiger partial charge on any atom is 0.243 e. The van der Waals surface area contributed by atoms with E-state index in [1.54, 1.807) is 28.6 Å². The van der Waals surface area contributed by atoms with Crippen LogP contribution in [0.25, 0.3) is 0 Å². The summed E-state index contributed by atoms with van der Waals surface area (Å²) in [6.45, 7) is 4.17. The highest BCUT2D eigenvalue weighted by Crippen LogP contribution is 2.29. The number of halogens is 1. The second-order valence-electron chi connectivity index (χ2n) is 6.89. The van der Waals surface area contributed by atoms with Crippen LogP contribution in [-0.2, 0) is 16.4 Å². The lowest BCUT2D eigenvalue weighted by atomic mass is 10.2. The number of sulfonamides is 1. The Morgan fingerprint density at radius 2 is 1.86 bits per heavy atom. The fourth-order valence-electron chi connectivity index (χ4n) is 3.51. The van der Waals surface area contributed by atoms with Gasteiger partial charge in [0.1, 0.15) is 18.1 Å². The average molecular weight is 423 g/mol. The Bertz CT molecular complexity index is 943.